The van der Waals surface area contributed by atoms with Gasteiger partial charge in [0, 0.05) is 50.8 Å². The number of nitrogens with one attached hydrogen (secondary N) is 1. The number of carbonyl (C=O) groups is 1. The predicted octanol–water partition coefficient (Wildman–Crippen LogP) is 2.13. The second-order valence-electron chi connectivity index (χ2n) is 6.62. The third kappa shape index (κ3) is 4.25. The monoisotopic (exact) mass is 374 g/mol. The lowest BCUT2D eigenvalue weighted by atomic mass is 10.2. The van der Waals surface area contributed by atoms with Crippen molar-refractivity contribution in [2.75, 3.05) is 36.0 Å². The van der Waals surface area contributed by atoms with Crippen molar-refractivity contribution in [1.29, 1.82) is 0 Å². The van der Waals surface area contributed by atoms with Crippen LogP contribution in [0.1, 0.15) is 16.1 Å². The third-order valence-electron chi connectivity index (χ3n) is 4.81. The Morgan fingerprint density at radius 2 is 1.57 bits per heavy atom. The molecule has 0 bridgehead atoms. The summed E-state index contributed by atoms with van der Waals surface area (Å²) >= 11 is 0. The van der Waals surface area contributed by atoms with Gasteiger partial charge in [0.25, 0.3) is 5.91 Å². The van der Waals surface area contributed by atoms with Crippen molar-refractivity contribution in [2.24, 2.45) is 0 Å². The number of anilines is 2. The van der Waals surface area contributed by atoms with Crippen molar-refractivity contribution < 1.29 is 4.79 Å². The summed E-state index contributed by atoms with van der Waals surface area (Å²) in [5.74, 6) is 0.572. The zero-order valence-corrected chi connectivity index (χ0v) is 15.5. The lowest BCUT2D eigenvalue weighted by Gasteiger charge is -2.36. The second-order valence-corrected chi connectivity index (χ2v) is 6.62. The number of piperazine rings is 1. The fourth-order valence-electron chi connectivity index (χ4n) is 3.22. The molecule has 7 heteroatoms. The van der Waals surface area contributed by atoms with Crippen molar-refractivity contribution in [2.45, 2.75) is 6.54 Å². The van der Waals surface area contributed by atoms with E-state index in [1.54, 1.807) is 18.5 Å². The minimum atomic E-state index is -0.232. The first-order valence-corrected chi connectivity index (χ1v) is 9.35. The standard InChI is InChI=1S/C21H22N6O/c28-21(23-16-17-8-10-22-11-9-17)19-6-7-20(25-24-19)27-14-12-26(13-15-27)18-4-2-1-3-5-18/h1-11H,12-16H2,(H,23,28). The maximum atomic E-state index is 12.3. The maximum Gasteiger partial charge on any atom is 0.272 e. The van der Waals surface area contributed by atoms with E-state index in [9.17, 15) is 4.79 Å². The van der Waals surface area contributed by atoms with Gasteiger partial charge >= 0.3 is 0 Å². The van der Waals surface area contributed by atoms with Crippen LogP contribution < -0.4 is 15.1 Å². The number of carbonyl (C=O) groups excluding carboxylic acids is 1. The normalized spacial score (nSPS) is 14.0. The van der Waals surface area contributed by atoms with E-state index in [1.807, 2.05) is 24.3 Å². The Balaban J connectivity index is 1.31. The van der Waals surface area contributed by atoms with Crippen LogP contribution in [-0.4, -0.2) is 47.3 Å². The molecular weight excluding hydrogens is 352 g/mol. The van der Waals surface area contributed by atoms with Gasteiger partial charge in [-0.3, -0.25) is 9.78 Å². The molecule has 1 saturated heterocycles. The number of benzene rings is 1. The van der Waals surface area contributed by atoms with Gasteiger partial charge in [0.1, 0.15) is 0 Å². The van der Waals surface area contributed by atoms with E-state index in [1.165, 1.54) is 5.69 Å². The molecule has 4 rings (SSSR count). The van der Waals surface area contributed by atoms with Crippen molar-refractivity contribution in [3.8, 4) is 0 Å². The molecule has 0 unspecified atom stereocenters. The third-order valence-corrected chi connectivity index (χ3v) is 4.81. The Kier molecular flexibility index (Phi) is 5.42. The number of aromatic nitrogens is 3. The average molecular weight is 374 g/mol. The molecule has 1 aliphatic heterocycles. The van der Waals surface area contributed by atoms with E-state index in [0.717, 1.165) is 37.6 Å². The molecule has 1 fully saturated rings. The molecule has 1 N–H and O–H groups in total. The molecule has 142 valence electrons. The van der Waals surface area contributed by atoms with Crippen molar-refractivity contribution in [1.82, 2.24) is 20.5 Å². The molecule has 1 aliphatic rings. The Morgan fingerprint density at radius 3 is 2.25 bits per heavy atom. The molecule has 1 aromatic carbocycles. The van der Waals surface area contributed by atoms with Gasteiger partial charge in [-0.1, -0.05) is 18.2 Å². The number of pyridine rings is 1. The van der Waals surface area contributed by atoms with Crippen molar-refractivity contribution in [3.63, 3.8) is 0 Å². The summed E-state index contributed by atoms with van der Waals surface area (Å²) in [5.41, 5.74) is 2.55. The molecule has 0 atom stereocenters. The lowest BCUT2D eigenvalue weighted by Crippen LogP contribution is -2.46. The van der Waals surface area contributed by atoms with E-state index in [2.05, 4.69) is 54.6 Å². The van der Waals surface area contributed by atoms with E-state index >= 15 is 0 Å². The lowest BCUT2D eigenvalue weighted by molar-refractivity contribution is 0.0945. The van der Waals surface area contributed by atoms with E-state index < -0.39 is 0 Å². The quantitative estimate of drug-likeness (QED) is 0.737. The van der Waals surface area contributed by atoms with Crippen LogP contribution in [0.5, 0.6) is 0 Å². The molecular formula is C21H22N6O. The molecule has 28 heavy (non-hydrogen) atoms. The number of para-hydroxylation sites is 1. The molecule has 3 aromatic rings. The summed E-state index contributed by atoms with van der Waals surface area (Å²) < 4.78 is 0. The van der Waals surface area contributed by atoms with Crippen LogP contribution in [0.25, 0.3) is 0 Å². The maximum absolute atomic E-state index is 12.3. The van der Waals surface area contributed by atoms with Gasteiger partial charge in [-0.25, -0.2) is 0 Å². The molecule has 0 aliphatic carbocycles. The van der Waals surface area contributed by atoms with E-state index in [-0.39, 0.29) is 5.91 Å². The second kappa shape index (κ2) is 8.47. The minimum absolute atomic E-state index is 0.232. The predicted molar refractivity (Wildman–Crippen MR) is 108 cm³/mol. The summed E-state index contributed by atoms with van der Waals surface area (Å²) in [4.78, 5) is 20.8. The van der Waals surface area contributed by atoms with Gasteiger partial charge in [0.2, 0.25) is 0 Å². The Labute approximate surface area is 164 Å². The van der Waals surface area contributed by atoms with Gasteiger partial charge in [-0.15, -0.1) is 10.2 Å². The van der Waals surface area contributed by atoms with Crippen molar-refractivity contribution in [3.05, 3.63) is 78.2 Å². The number of rotatable bonds is 5. The fraction of sp³-hybridized carbons (Fsp3) is 0.238. The van der Waals surface area contributed by atoms with Gasteiger partial charge in [-0.05, 0) is 42.0 Å². The van der Waals surface area contributed by atoms with Gasteiger partial charge in [0.15, 0.2) is 11.5 Å². The summed E-state index contributed by atoms with van der Waals surface area (Å²) in [6, 6.07) is 17.7. The highest BCUT2D eigenvalue weighted by Gasteiger charge is 2.19. The molecule has 0 spiro atoms. The molecule has 0 saturated carbocycles. The molecule has 1 amide bonds. The van der Waals surface area contributed by atoms with Crippen LogP contribution in [0, 0.1) is 0 Å². The number of amides is 1. The van der Waals surface area contributed by atoms with Gasteiger partial charge in [0.05, 0.1) is 0 Å². The van der Waals surface area contributed by atoms with Crippen LogP contribution >= 0.6 is 0 Å². The Hall–Kier alpha value is -3.48. The summed E-state index contributed by atoms with van der Waals surface area (Å²) in [5, 5.41) is 11.2. The number of hydrogen-bond donors (Lipinski definition) is 1. The first-order valence-electron chi connectivity index (χ1n) is 9.35. The van der Waals surface area contributed by atoms with Crippen LogP contribution in [0.2, 0.25) is 0 Å². The van der Waals surface area contributed by atoms with Crippen molar-refractivity contribution >= 4 is 17.4 Å². The Morgan fingerprint density at radius 1 is 0.857 bits per heavy atom. The smallest absolute Gasteiger partial charge is 0.272 e. The largest absolute Gasteiger partial charge is 0.368 e. The molecule has 2 aromatic heterocycles. The number of nitrogens with zero attached hydrogens (tertiary/aromatic N) is 5. The van der Waals surface area contributed by atoms with Crippen LogP contribution in [0.4, 0.5) is 11.5 Å². The SMILES string of the molecule is O=C(NCc1ccncc1)c1ccc(N2CCN(c3ccccc3)CC2)nn1. The van der Waals surface area contributed by atoms with Gasteiger partial charge < -0.3 is 15.1 Å². The zero-order valence-electron chi connectivity index (χ0n) is 15.5. The average Bonchev–Trinajstić information content (AvgIpc) is 2.79. The minimum Gasteiger partial charge on any atom is -0.368 e. The molecule has 7 nitrogen and oxygen atoms in total. The van der Waals surface area contributed by atoms with Crippen LogP contribution in [-0.2, 0) is 6.54 Å². The first-order chi connectivity index (χ1) is 13.8. The number of hydrogen-bond acceptors (Lipinski definition) is 6. The van der Waals surface area contributed by atoms with E-state index in [4.69, 9.17) is 0 Å². The topological polar surface area (TPSA) is 74.2 Å². The highest BCUT2D eigenvalue weighted by Crippen LogP contribution is 2.18. The summed E-state index contributed by atoms with van der Waals surface area (Å²) in [6.07, 6.45) is 3.40. The summed E-state index contributed by atoms with van der Waals surface area (Å²) in [7, 11) is 0. The van der Waals surface area contributed by atoms with Crippen LogP contribution in [0.15, 0.2) is 67.0 Å². The van der Waals surface area contributed by atoms with Crippen LogP contribution in [0.3, 0.4) is 0 Å². The highest BCUT2D eigenvalue weighted by molar-refractivity contribution is 5.92. The molecule has 3 heterocycles. The summed E-state index contributed by atoms with van der Waals surface area (Å²) in [6.45, 7) is 4.04. The zero-order chi connectivity index (χ0) is 19.2. The Bertz CT molecular complexity index is 893. The first kappa shape index (κ1) is 17.9. The van der Waals surface area contributed by atoms with E-state index in [0.29, 0.717) is 12.2 Å². The van der Waals surface area contributed by atoms with Gasteiger partial charge in [-0.2, -0.15) is 0 Å². The molecule has 0 radical (unpaired) electrons. The highest BCUT2D eigenvalue weighted by atomic mass is 16.1. The fourth-order valence-corrected chi connectivity index (χ4v) is 3.22.